The fourth-order valence-corrected chi connectivity index (χ4v) is 2.49. The van der Waals surface area contributed by atoms with Gasteiger partial charge in [-0.05, 0) is 45.6 Å². The van der Waals surface area contributed by atoms with Crippen molar-refractivity contribution in [1.29, 1.82) is 0 Å². The number of hydrogen-bond donors (Lipinski definition) is 0. The summed E-state index contributed by atoms with van der Waals surface area (Å²) in [5, 5.41) is 0. The number of piperidine rings is 1. The molecule has 0 unspecified atom stereocenters. The summed E-state index contributed by atoms with van der Waals surface area (Å²) in [6, 6.07) is 10.4. The molecular weight excluding hydrogens is 238 g/mol. The maximum absolute atomic E-state index is 12.3. The van der Waals surface area contributed by atoms with Crippen LogP contribution in [0.25, 0.3) is 0 Å². The Labute approximate surface area is 115 Å². The molecule has 0 aromatic heterocycles. The van der Waals surface area contributed by atoms with Crippen molar-refractivity contribution >= 4 is 6.09 Å². The molecule has 2 rings (SSSR count). The van der Waals surface area contributed by atoms with E-state index < -0.39 is 5.60 Å². The van der Waals surface area contributed by atoms with Gasteiger partial charge < -0.3 is 9.64 Å². The quantitative estimate of drug-likeness (QED) is 0.760. The van der Waals surface area contributed by atoms with E-state index in [9.17, 15) is 4.79 Å². The van der Waals surface area contributed by atoms with Crippen molar-refractivity contribution in [1.82, 2.24) is 4.90 Å². The van der Waals surface area contributed by atoms with E-state index in [-0.39, 0.29) is 12.1 Å². The lowest BCUT2D eigenvalue weighted by Gasteiger charge is -2.37. The fraction of sp³-hybridized carbons (Fsp3) is 0.562. The number of likely N-dealkylation sites (tertiary alicyclic amines) is 1. The molecule has 3 nitrogen and oxygen atoms in total. The predicted molar refractivity (Wildman–Crippen MR) is 76.0 cm³/mol. The number of carbonyl (C=O) groups excluding carboxylic acids is 1. The Bertz CT molecular complexity index is 422. The molecule has 19 heavy (non-hydrogen) atoms. The molecule has 1 fully saturated rings. The minimum Gasteiger partial charge on any atom is -0.444 e. The van der Waals surface area contributed by atoms with Gasteiger partial charge in [-0.3, -0.25) is 0 Å². The molecule has 1 heterocycles. The van der Waals surface area contributed by atoms with Crippen LogP contribution in [0.4, 0.5) is 4.79 Å². The third kappa shape index (κ3) is 3.72. The van der Waals surface area contributed by atoms with E-state index in [1.165, 1.54) is 12.0 Å². The first-order chi connectivity index (χ1) is 8.97. The number of amides is 1. The molecule has 1 aliphatic heterocycles. The van der Waals surface area contributed by atoms with E-state index in [4.69, 9.17) is 4.74 Å². The van der Waals surface area contributed by atoms with Gasteiger partial charge >= 0.3 is 6.09 Å². The van der Waals surface area contributed by atoms with Gasteiger partial charge in [0, 0.05) is 6.54 Å². The lowest BCUT2D eigenvalue weighted by Crippen LogP contribution is -2.41. The van der Waals surface area contributed by atoms with Crippen molar-refractivity contribution in [3.8, 4) is 0 Å². The summed E-state index contributed by atoms with van der Waals surface area (Å²) in [7, 11) is 0. The Hall–Kier alpha value is -1.51. The van der Waals surface area contributed by atoms with Crippen molar-refractivity contribution in [2.75, 3.05) is 6.54 Å². The van der Waals surface area contributed by atoms with Crippen molar-refractivity contribution in [2.45, 2.75) is 51.7 Å². The van der Waals surface area contributed by atoms with Gasteiger partial charge in [-0.2, -0.15) is 0 Å². The van der Waals surface area contributed by atoms with Crippen LogP contribution in [-0.4, -0.2) is 23.1 Å². The van der Waals surface area contributed by atoms with Gasteiger partial charge in [0.25, 0.3) is 0 Å². The fourth-order valence-electron chi connectivity index (χ4n) is 2.49. The van der Waals surface area contributed by atoms with Crippen LogP contribution in [0.5, 0.6) is 0 Å². The Kier molecular flexibility index (Phi) is 4.13. The highest BCUT2D eigenvalue weighted by Crippen LogP contribution is 2.31. The van der Waals surface area contributed by atoms with Crippen LogP contribution in [0.3, 0.4) is 0 Å². The van der Waals surface area contributed by atoms with Crippen LogP contribution < -0.4 is 0 Å². The maximum Gasteiger partial charge on any atom is 0.410 e. The Morgan fingerprint density at radius 2 is 1.89 bits per heavy atom. The molecule has 3 heteroatoms. The zero-order valence-corrected chi connectivity index (χ0v) is 12.1. The molecule has 0 N–H and O–H groups in total. The number of benzene rings is 1. The van der Waals surface area contributed by atoms with E-state index in [0.717, 1.165) is 19.4 Å². The minimum absolute atomic E-state index is 0.157. The maximum atomic E-state index is 12.3. The highest BCUT2D eigenvalue weighted by atomic mass is 16.6. The molecule has 1 aromatic carbocycles. The molecule has 1 saturated heterocycles. The van der Waals surface area contributed by atoms with Crippen LogP contribution in [0.15, 0.2) is 30.3 Å². The molecule has 104 valence electrons. The Morgan fingerprint density at radius 3 is 2.53 bits per heavy atom. The largest absolute Gasteiger partial charge is 0.444 e. The second kappa shape index (κ2) is 5.64. The lowest BCUT2D eigenvalue weighted by molar-refractivity contribution is 0.00952. The summed E-state index contributed by atoms with van der Waals surface area (Å²) in [4.78, 5) is 14.2. The normalized spacial score (nSPS) is 20.2. The topological polar surface area (TPSA) is 29.5 Å². The standard InChI is InChI=1S/C16H23NO2/c1-16(2,3)19-15(18)17-12-8-7-11-14(17)13-9-5-4-6-10-13/h4-6,9-10,14H,7-8,11-12H2,1-3H3/t14-/m1/s1. The average molecular weight is 261 g/mol. The number of rotatable bonds is 1. The van der Waals surface area contributed by atoms with Crippen LogP contribution in [0.1, 0.15) is 51.6 Å². The second-order valence-corrected chi connectivity index (χ2v) is 6.10. The van der Waals surface area contributed by atoms with Crippen molar-refractivity contribution in [3.05, 3.63) is 35.9 Å². The number of nitrogens with zero attached hydrogens (tertiary/aromatic N) is 1. The number of ether oxygens (including phenoxy) is 1. The summed E-state index contributed by atoms with van der Waals surface area (Å²) in [5.74, 6) is 0. The first kappa shape index (κ1) is 13.9. The summed E-state index contributed by atoms with van der Waals surface area (Å²) in [6.07, 6.45) is 3.05. The van der Waals surface area contributed by atoms with E-state index in [1.54, 1.807) is 0 Å². The van der Waals surface area contributed by atoms with Crippen LogP contribution >= 0.6 is 0 Å². The monoisotopic (exact) mass is 261 g/mol. The number of hydrogen-bond acceptors (Lipinski definition) is 2. The molecule has 1 atom stereocenters. The van der Waals surface area contributed by atoms with Crippen LogP contribution in [0, 0.1) is 0 Å². The predicted octanol–water partition coefficient (Wildman–Crippen LogP) is 4.15. The first-order valence-electron chi connectivity index (χ1n) is 7.02. The minimum atomic E-state index is -0.435. The van der Waals surface area contributed by atoms with Gasteiger partial charge in [-0.15, -0.1) is 0 Å². The molecule has 1 aliphatic rings. The molecule has 0 bridgehead atoms. The second-order valence-electron chi connectivity index (χ2n) is 6.10. The molecule has 1 amide bonds. The van der Waals surface area contributed by atoms with Gasteiger partial charge in [-0.1, -0.05) is 30.3 Å². The molecule has 0 spiro atoms. The lowest BCUT2D eigenvalue weighted by atomic mass is 9.96. The van der Waals surface area contributed by atoms with Crippen molar-refractivity contribution < 1.29 is 9.53 Å². The first-order valence-corrected chi connectivity index (χ1v) is 7.02. The molecular formula is C16H23NO2. The smallest absolute Gasteiger partial charge is 0.410 e. The SMILES string of the molecule is CC(C)(C)OC(=O)N1CCCC[C@@H]1c1ccccc1. The van der Waals surface area contributed by atoms with E-state index in [1.807, 2.05) is 43.9 Å². The van der Waals surface area contributed by atoms with Crippen LogP contribution in [0.2, 0.25) is 0 Å². The highest BCUT2D eigenvalue weighted by molar-refractivity contribution is 5.69. The van der Waals surface area contributed by atoms with Gasteiger partial charge in [0.1, 0.15) is 5.60 Å². The summed E-state index contributed by atoms with van der Waals surface area (Å²) >= 11 is 0. The van der Waals surface area contributed by atoms with E-state index >= 15 is 0 Å². The summed E-state index contributed by atoms with van der Waals surface area (Å²) in [5.41, 5.74) is 0.767. The van der Waals surface area contributed by atoms with E-state index in [2.05, 4.69) is 12.1 Å². The van der Waals surface area contributed by atoms with E-state index in [0.29, 0.717) is 0 Å². The third-order valence-corrected chi connectivity index (χ3v) is 3.32. The Morgan fingerprint density at radius 1 is 1.21 bits per heavy atom. The average Bonchev–Trinajstić information content (AvgIpc) is 2.38. The highest BCUT2D eigenvalue weighted by Gasteiger charge is 2.31. The van der Waals surface area contributed by atoms with Gasteiger partial charge in [-0.25, -0.2) is 4.79 Å². The molecule has 0 saturated carbocycles. The Balaban J connectivity index is 2.15. The van der Waals surface area contributed by atoms with Gasteiger partial charge in [0.15, 0.2) is 0 Å². The number of carbonyl (C=O) groups is 1. The van der Waals surface area contributed by atoms with Gasteiger partial charge in [0.2, 0.25) is 0 Å². The van der Waals surface area contributed by atoms with Gasteiger partial charge in [0.05, 0.1) is 6.04 Å². The molecule has 1 aromatic rings. The zero-order valence-electron chi connectivity index (χ0n) is 12.1. The molecule has 0 radical (unpaired) electrons. The summed E-state index contributed by atoms with van der Waals surface area (Å²) in [6.45, 7) is 6.51. The zero-order chi connectivity index (χ0) is 13.9. The van der Waals surface area contributed by atoms with Crippen LogP contribution in [-0.2, 0) is 4.74 Å². The van der Waals surface area contributed by atoms with Crippen molar-refractivity contribution in [3.63, 3.8) is 0 Å². The summed E-state index contributed by atoms with van der Waals surface area (Å²) < 4.78 is 5.52. The van der Waals surface area contributed by atoms with Crippen molar-refractivity contribution in [2.24, 2.45) is 0 Å². The molecule has 0 aliphatic carbocycles. The third-order valence-electron chi connectivity index (χ3n) is 3.32.